The lowest BCUT2D eigenvalue weighted by Gasteiger charge is -2.47. The Balaban J connectivity index is 0.000000899. The van der Waals surface area contributed by atoms with Crippen LogP contribution in [0.3, 0.4) is 0 Å². The Kier molecular flexibility index (Phi) is 15.7. The van der Waals surface area contributed by atoms with Crippen molar-refractivity contribution in [2.45, 2.75) is 39.5 Å². The van der Waals surface area contributed by atoms with Gasteiger partial charge in [0.1, 0.15) is 29.4 Å². The van der Waals surface area contributed by atoms with Crippen molar-refractivity contribution in [1.82, 2.24) is 0 Å². The van der Waals surface area contributed by atoms with Crippen molar-refractivity contribution in [1.29, 1.82) is 0 Å². The first-order valence-electron chi connectivity index (χ1n) is 21.7. The highest BCUT2D eigenvalue weighted by Gasteiger charge is 2.52. The van der Waals surface area contributed by atoms with Crippen LogP contribution in [0.2, 0.25) is 0 Å². The third-order valence-electron chi connectivity index (χ3n) is 12.8. The summed E-state index contributed by atoms with van der Waals surface area (Å²) in [5, 5.41) is -24.6. The van der Waals surface area contributed by atoms with Gasteiger partial charge >= 0.3 is 0 Å². The van der Waals surface area contributed by atoms with Crippen LogP contribution in [0.1, 0.15) is 39.5 Å². The second kappa shape index (κ2) is 20.9. The largest absolute Gasteiger partial charge is 0.346 e. The Labute approximate surface area is 414 Å². The van der Waals surface area contributed by atoms with Crippen molar-refractivity contribution in [2.75, 3.05) is 13.1 Å². The first-order chi connectivity index (χ1) is 36.4. The molecule has 8 aromatic rings. The number of nitrogens with two attached hydrogens (primary N) is 1. The van der Waals surface area contributed by atoms with E-state index in [4.69, 9.17) is 0 Å². The van der Waals surface area contributed by atoms with E-state index in [0.29, 0.717) is 0 Å². The van der Waals surface area contributed by atoms with Crippen LogP contribution in [0.4, 0.5) is 123 Å². The Morgan fingerprint density at radius 2 is 0.346 bits per heavy atom. The van der Waals surface area contributed by atoms with E-state index >= 15 is 105 Å². The molecule has 78 heavy (non-hydrogen) atoms. The molecule has 1 nitrogen and oxygen atoms in total. The third-order valence-corrected chi connectivity index (χ3v) is 12.8. The first kappa shape index (κ1) is 58.5. The molecule has 0 spiro atoms. The zero-order valence-corrected chi connectivity index (χ0v) is 38.0. The molecule has 416 valence electrons. The minimum atomic E-state index is -8.05. The van der Waals surface area contributed by atoms with Gasteiger partial charge in [0.25, 0.3) is 0 Å². The van der Waals surface area contributed by atoms with Crippen LogP contribution in [-0.2, 0) is 0 Å². The molecule has 2 N–H and O–H groups in total. The van der Waals surface area contributed by atoms with Crippen LogP contribution >= 0.6 is 0 Å². The molecule has 0 amide bonds. The van der Waals surface area contributed by atoms with Crippen molar-refractivity contribution < 1.29 is 128 Å². The minimum absolute atomic E-state index is 1.33. The summed E-state index contributed by atoms with van der Waals surface area (Å²) in [5.74, 6) is -104. The molecule has 0 radical (unpaired) electrons. The summed E-state index contributed by atoms with van der Waals surface area (Å²) in [4.78, 5) is 0. The number of unbranched alkanes of at least 4 members (excludes halogenated alkanes) is 2. The van der Waals surface area contributed by atoms with Gasteiger partial charge in [0.2, 0.25) is 0 Å². The van der Waals surface area contributed by atoms with Crippen molar-refractivity contribution in [3.8, 4) is 0 Å². The normalized spacial score (nSPS) is 12.1. The molecular weight excluding hydrogens is 1130 g/mol. The van der Waals surface area contributed by atoms with Crippen LogP contribution in [0.5, 0.6) is 0 Å². The topological polar surface area (TPSA) is 16.6 Å². The Morgan fingerprint density at radius 1 is 0.205 bits per heavy atom. The standard InChI is InChI=1S/C40BF28.C8H19N/c42-13-1-5(21(50)37(66)33(13)62)17(46)29(58)25(54)9(1)41(10-2-6(18(47)30(59)26(10)55)22(51)38(67)34(63)14(2)43,11-3-7(19(48)31(60)27(11)56)23(52)39(68)35(64)15(3)44)12-4-8(20(49)32(61)28(12)57)24(53)40(69)36(65)16(4)45;1-3-5-7-9-8-6-4-2/h;9H,3-8H2,1-2H3/q-1;/p+1. The van der Waals surface area contributed by atoms with E-state index in [1.807, 2.05) is 0 Å². The Bertz CT molecular complexity index is 3390. The van der Waals surface area contributed by atoms with Crippen LogP contribution < -0.4 is 27.2 Å². The zero-order valence-electron chi connectivity index (χ0n) is 38.0. The van der Waals surface area contributed by atoms with E-state index in [1.54, 1.807) is 0 Å². The lowest BCUT2D eigenvalue weighted by atomic mass is 9.11. The number of benzene rings is 8. The highest BCUT2D eigenvalue weighted by atomic mass is 19.2. The van der Waals surface area contributed by atoms with Gasteiger partial charge in [-0.1, -0.05) is 26.7 Å². The second-order valence-corrected chi connectivity index (χ2v) is 16.9. The summed E-state index contributed by atoms with van der Waals surface area (Å²) in [6.07, 6.45) is -2.62. The van der Waals surface area contributed by atoms with Gasteiger partial charge in [-0.3, -0.25) is 0 Å². The van der Waals surface area contributed by atoms with E-state index in [1.165, 1.54) is 38.8 Å². The van der Waals surface area contributed by atoms with Crippen molar-refractivity contribution >= 4 is 71.1 Å². The van der Waals surface area contributed by atoms with Gasteiger partial charge in [0.15, 0.2) is 140 Å². The number of rotatable bonds is 10. The molecule has 8 aromatic carbocycles. The van der Waals surface area contributed by atoms with E-state index in [0.717, 1.165) is 0 Å². The SMILES string of the molecule is CCCC[NH2+]CCCC.Fc1c(F)c(F)c2c([B-](c3c(F)c(F)c(F)c4c(F)c(F)c(F)c(F)c34)(c3c(F)c(F)c(F)c4c(F)c(F)c(F)c(F)c34)c3c(F)c(F)c(F)c4c(F)c(F)c(F)c(F)c34)c(F)c(F)c(F)c2c1F. The number of hydrogen-bond acceptors (Lipinski definition) is 0. The predicted octanol–water partition coefficient (Wildman–Crippen LogP) is 12.7. The molecule has 0 atom stereocenters. The minimum Gasteiger partial charge on any atom is -0.346 e. The number of halogens is 28. The van der Waals surface area contributed by atoms with Gasteiger partial charge in [-0.15, -0.1) is 21.9 Å². The highest BCUT2D eigenvalue weighted by Crippen LogP contribution is 2.42. The van der Waals surface area contributed by atoms with Crippen LogP contribution in [-0.4, -0.2) is 19.2 Å². The fourth-order valence-electron chi connectivity index (χ4n) is 9.43. The molecule has 30 heteroatoms. The van der Waals surface area contributed by atoms with Crippen LogP contribution in [0.15, 0.2) is 0 Å². The Hall–Kier alpha value is -7.14. The number of quaternary nitrogens is 1. The van der Waals surface area contributed by atoms with E-state index < -0.39 is 234 Å². The fourth-order valence-corrected chi connectivity index (χ4v) is 9.43. The third kappa shape index (κ3) is 8.02. The van der Waals surface area contributed by atoms with Gasteiger partial charge in [-0.25, -0.2) is 123 Å². The van der Waals surface area contributed by atoms with Gasteiger partial charge in [-0.2, -0.15) is 0 Å². The van der Waals surface area contributed by atoms with E-state index in [9.17, 15) is 17.6 Å². The number of fused-ring (bicyclic) bond motifs is 4. The molecule has 0 fully saturated rings. The molecule has 8 rings (SSSR count). The zero-order chi connectivity index (χ0) is 58.5. The smallest absolute Gasteiger partial charge is 0.198 e. The van der Waals surface area contributed by atoms with Crippen LogP contribution in [0, 0.1) is 163 Å². The molecule has 0 aliphatic rings. The van der Waals surface area contributed by atoms with Gasteiger partial charge in [-0.05, 0) is 34.4 Å². The lowest BCUT2D eigenvalue weighted by molar-refractivity contribution is -0.655. The molecule has 0 aliphatic heterocycles. The fraction of sp³-hybridized carbons (Fsp3) is 0.167. The molecule has 0 saturated carbocycles. The summed E-state index contributed by atoms with van der Waals surface area (Å²) in [5.41, 5.74) is -15.5. The molecule has 0 bridgehead atoms. The summed E-state index contributed by atoms with van der Waals surface area (Å²) in [6.45, 7) is 7.15. The maximum atomic E-state index is 17.3. The van der Waals surface area contributed by atoms with Crippen molar-refractivity contribution in [2.24, 2.45) is 0 Å². The summed E-state index contributed by atoms with van der Waals surface area (Å²) >= 11 is 0. The average Bonchev–Trinajstić information content (AvgIpc) is 3.15. The van der Waals surface area contributed by atoms with Gasteiger partial charge in [0.05, 0.1) is 34.6 Å². The van der Waals surface area contributed by atoms with Gasteiger partial charge in [0, 0.05) is 0 Å². The molecule has 0 heterocycles. The summed E-state index contributed by atoms with van der Waals surface area (Å²) in [7, 11) is 0. The quantitative estimate of drug-likeness (QED) is 0.0462. The summed E-state index contributed by atoms with van der Waals surface area (Å²) in [6, 6.07) is 0. The molecule has 0 unspecified atom stereocenters. The molecule has 0 aliphatic carbocycles. The van der Waals surface area contributed by atoms with Crippen molar-refractivity contribution in [3.63, 3.8) is 0 Å². The lowest BCUT2D eigenvalue weighted by Crippen LogP contribution is -2.84. The maximum Gasteiger partial charge on any atom is 0.198 e. The van der Waals surface area contributed by atoms with Gasteiger partial charge < -0.3 is 5.32 Å². The average molecular weight is 1150 g/mol. The van der Waals surface area contributed by atoms with E-state index in [2.05, 4.69) is 19.2 Å². The van der Waals surface area contributed by atoms with Crippen LogP contribution in [0.25, 0.3) is 43.1 Å². The maximum absolute atomic E-state index is 17.3. The first-order valence-corrected chi connectivity index (χ1v) is 21.7. The predicted molar refractivity (Wildman–Crippen MR) is 220 cm³/mol. The highest BCUT2D eigenvalue weighted by molar-refractivity contribution is 7.23. The molecular formula is C48H20BF28N. The Morgan fingerprint density at radius 3 is 0.500 bits per heavy atom. The summed E-state index contributed by atoms with van der Waals surface area (Å²) < 4.78 is 446. The number of hydrogen-bond donors (Lipinski definition) is 1. The second-order valence-electron chi connectivity index (χ2n) is 16.9. The molecule has 0 aromatic heterocycles. The monoisotopic (exact) mass is 1150 g/mol. The molecule has 0 saturated heterocycles. The van der Waals surface area contributed by atoms with E-state index in [-0.39, 0.29) is 0 Å². The van der Waals surface area contributed by atoms with Crippen molar-refractivity contribution in [3.05, 3.63) is 163 Å².